The molecule has 93 heavy (non-hydrogen) atoms. The molecule has 1 unspecified atom stereocenters. The first-order valence-corrected chi connectivity index (χ1v) is 33.9. The summed E-state index contributed by atoms with van der Waals surface area (Å²) < 4.78 is 11.7. The van der Waals surface area contributed by atoms with Gasteiger partial charge in [-0.2, -0.15) is 0 Å². The first-order chi connectivity index (χ1) is 43.6. The van der Waals surface area contributed by atoms with E-state index >= 15 is 0 Å². The van der Waals surface area contributed by atoms with Crippen molar-refractivity contribution in [1.82, 2.24) is 25.3 Å². The van der Waals surface area contributed by atoms with Gasteiger partial charge in [-0.1, -0.05) is 151 Å². The second-order valence-corrected chi connectivity index (χ2v) is 28.0. The molecule has 0 saturated carbocycles. The van der Waals surface area contributed by atoms with Gasteiger partial charge in [0.2, 0.25) is 29.5 Å². The Kier molecular flexibility index (Phi) is 33.2. The van der Waals surface area contributed by atoms with Crippen molar-refractivity contribution in [2.24, 2.45) is 59.2 Å². The predicted molar refractivity (Wildman–Crippen MR) is 361 cm³/mol. The molecule has 0 radical (unpaired) electrons. The topological polar surface area (TPSA) is 260 Å². The average Bonchev–Trinajstić information content (AvgIpc) is 1.68. The van der Waals surface area contributed by atoms with Gasteiger partial charge < -0.3 is 39.9 Å². The van der Waals surface area contributed by atoms with Crippen LogP contribution in [0.5, 0.6) is 0 Å². The molecule has 0 fully saturated rings. The van der Waals surface area contributed by atoms with Crippen molar-refractivity contribution >= 4 is 64.6 Å². The van der Waals surface area contributed by atoms with Gasteiger partial charge in [-0.3, -0.25) is 52.7 Å². The van der Waals surface area contributed by atoms with Crippen LogP contribution >= 0.6 is 0 Å². The van der Waals surface area contributed by atoms with E-state index in [1.54, 1.807) is 41.7 Å². The number of amides is 5. The molecule has 1 aliphatic carbocycles. The van der Waals surface area contributed by atoms with Crippen LogP contribution in [-0.4, -0.2) is 155 Å². The number of esters is 2. The summed E-state index contributed by atoms with van der Waals surface area (Å²) in [5.74, 6) is -11.1. The summed E-state index contributed by atoms with van der Waals surface area (Å²) in [7, 11) is 4.52. The minimum atomic E-state index is -1.27. The second kappa shape index (κ2) is 38.5. The van der Waals surface area contributed by atoms with Crippen LogP contribution in [-0.2, 0) is 62.2 Å². The van der Waals surface area contributed by atoms with E-state index in [4.69, 9.17) is 9.47 Å². The summed E-state index contributed by atoms with van der Waals surface area (Å²) in [5, 5.41) is 15.0. The maximum absolute atomic E-state index is 15.0. The third kappa shape index (κ3) is 23.5. The summed E-state index contributed by atoms with van der Waals surface area (Å²) in [4.78, 5) is 160. The highest BCUT2D eigenvalue weighted by Gasteiger charge is 2.43. The second-order valence-electron chi connectivity index (χ2n) is 28.0. The molecule has 0 saturated heterocycles. The lowest BCUT2D eigenvalue weighted by Crippen LogP contribution is -2.53. The number of Topliss-reactive ketones (excluding diaryl/α,β-unsaturated/α-hetero) is 4. The lowest BCUT2D eigenvalue weighted by Gasteiger charge is -2.36. The van der Waals surface area contributed by atoms with Gasteiger partial charge in [-0.05, 0) is 110 Å². The number of aliphatic hydroxyl groups is 1. The van der Waals surface area contributed by atoms with Gasteiger partial charge in [0, 0.05) is 78.1 Å². The first kappa shape index (κ1) is 80.3. The third-order valence-electron chi connectivity index (χ3n) is 18.1. The van der Waals surface area contributed by atoms with Crippen molar-refractivity contribution < 1.29 is 67.3 Å². The van der Waals surface area contributed by atoms with Crippen LogP contribution in [0.1, 0.15) is 198 Å². The number of hydrogen-bond acceptors (Lipinski definition) is 14. The smallest absolute Gasteiger partial charge is 0.306 e. The van der Waals surface area contributed by atoms with E-state index in [-0.39, 0.29) is 106 Å². The number of likely N-dealkylation sites (N-methyl/N-ethyl adjacent to an activating group) is 3. The standard InChI is InChI=1S/C74H113N5O14/c1-20-22-28-48(13)69(93-51(16)81)58(71(88)76-60(21-2)63(82)33-27-34-80)40-66(85)68(47(11)12)79(19)73(90)52(35-43(3)4)39-65(84)62(37-45(7)8)77(17)72(89)50(15)75-70(87)49(14)38-64(83)61(36-44(5)6)78(18)74(91)57(46(9)10)41-67(86)92-42-59-55-31-25-23-29-53(55)54-30-24-26-32-56(54)59/h20,22-26,29-32,43-50,52,57-62,68-69,80H,21,27-28,33-42H2,1-19H3,(H,75,87)(H,76,88)/b22-20+/t48-,49-,50-,52-,57+,58+,60+,61+,62+,68?,69-/m1/s1. The number of carbonyl (C=O) groups excluding carboxylic acids is 11. The Balaban J connectivity index is 1.81. The molecular weight excluding hydrogens is 1180 g/mol. The molecule has 1 aliphatic rings. The molecule has 0 spiro atoms. The van der Waals surface area contributed by atoms with Crippen LogP contribution in [0, 0.1) is 59.2 Å². The molecular formula is C74H113N5O14. The summed E-state index contributed by atoms with van der Waals surface area (Å²) in [5.41, 5.74) is 4.32. The molecule has 3 N–H and O–H groups in total. The molecule has 0 aromatic heterocycles. The van der Waals surface area contributed by atoms with E-state index in [0.29, 0.717) is 12.8 Å². The van der Waals surface area contributed by atoms with Gasteiger partial charge in [0.1, 0.15) is 18.8 Å². The highest BCUT2D eigenvalue weighted by molar-refractivity contribution is 5.98. The summed E-state index contributed by atoms with van der Waals surface area (Å²) in [6, 6.07) is 10.9. The van der Waals surface area contributed by atoms with E-state index < -0.39 is 131 Å². The number of ketones is 4. The minimum absolute atomic E-state index is 0.0164. The largest absolute Gasteiger partial charge is 0.465 e. The van der Waals surface area contributed by atoms with E-state index in [1.807, 2.05) is 111 Å². The zero-order valence-corrected chi connectivity index (χ0v) is 59.4. The highest BCUT2D eigenvalue weighted by atomic mass is 16.5. The fourth-order valence-corrected chi connectivity index (χ4v) is 13.0. The van der Waals surface area contributed by atoms with E-state index in [1.165, 1.54) is 42.6 Å². The maximum atomic E-state index is 15.0. The van der Waals surface area contributed by atoms with Crippen LogP contribution in [0.3, 0.4) is 0 Å². The highest BCUT2D eigenvalue weighted by Crippen LogP contribution is 2.45. The van der Waals surface area contributed by atoms with Crippen molar-refractivity contribution in [1.29, 1.82) is 0 Å². The number of rotatable bonds is 41. The van der Waals surface area contributed by atoms with E-state index in [9.17, 15) is 57.8 Å². The Morgan fingerprint density at radius 2 is 1.12 bits per heavy atom. The summed E-state index contributed by atoms with van der Waals surface area (Å²) in [6.45, 7) is 28.2. The molecule has 3 rings (SSSR count). The van der Waals surface area contributed by atoms with Crippen LogP contribution < -0.4 is 10.6 Å². The molecule has 19 heteroatoms. The van der Waals surface area contributed by atoms with Gasteiger partial charge in [-0.15, -0.1) is 0 Å². The Hall–Kier alpha value is -6.89. The van der Waals surface area contributed by atoms with Crippen molar-refractivity contribution in [3.8, 4) is 11.1 Å². The number of nitrogens with zero attached hydrogens (tertiary/aromatic N) is 3. The van der Waals surface area contributed by atoms with Gasteiger partial charge >= 0.3 is 11.9 Å². The molecule has 11 atom stereocenters. The molecule has 19 nitrogen and oxygen atoms in total. The predicted octanol–water partition coefficient (Wildman–Crippen LogP) is 10.3. The quantitative estimate of drug-likeness (QED) is 0.0413. The van der Waals surface area contributed by atoms with Gasteiger partial charge in [-0.25, -0.2) is 0 Å². The van der Waals surface area contributed by atoms with Gasteiger partial charge in [0.05, 0.1) is 42.4 Å². The van der Waals surface area contributed by atoms with Crippen molar-refractivity contribution in [2.75, 3.05) is 34.4 Å². The molecule has 0 heterocycles. The summed E-state index contributed by atoms with van der Waals surface area (Å²) >= 11 is 0. The Morgan fingerprint density at radius 1 is 0.591 bits per heavy atom. The Labute approximate surface area is 555 Å². The van der Waals surface area contributed by atoms with Crippen LogP contribution in [0.2, 0.25) is 0 Å². The fraction of sp³-hybridized carbons (Fsp3) is 0.662. The van der Waals surface area contributed by atoms with Crippen molar-refractivity contribution in [2.45, 2.75) is 224 Å². The molecule has 0 bridgehead atoms. The molecule has 2 aromatic carbocycles. The number of aliphatic hydroxyl groups excluding tert-OH is 1. The number of ether oxygens (including phenoxy) is 2. The van der Waals surface area contributed by atoms with Crippen molar-refractivity contribution in [3.05, 3.63) is 71.8 Å². The summed E-state index contributed by atoms with van der Waals surface area (Å²) in [6.07, 6.45) is 2.97. The lowest BCUT2D eigenvalue weighted by molar-refractivity contribution is -0.158. The SMILES string of the molecule is C/C=C/C[C@@H](C)[C@@H](OC(C)=O)[C@H](CC(=O)C(C(C)C)N(C)C(=O)[C@@H](CC(=O)[C@H](CC(C)C)N(C)C(=O)[C@@H](C)NC(=O)[C@H](C)CC(=O)[C@H](CC(C)C)N(C)C(=O)[C@@H](CC(=O)OCC1c2ccccc2-c2ccccc21)C(C)C)CC(C)C)C(=O)N[C@@H](CC)C(=O)CCCO. The third-order valence-corrected chi connectivity index (χ3v) is 18.1. The maximum Gasteiger partial charge on any atom is 0.306 e. The normalized spacial score (nSPS) is 15.8. The zero-order valence-electron chi connectivity index (χ0n) is 59.4. The monoisotopic (exact) mass is 1300 g/mol. The number of fused-ring (bicyclic) bond motifs is 3. The van der Waals surface area contributed by atoms with Crippen LogP contribution in [0.4, 0.5) is 0 Å². The molecule has 2 aromatic rings. The minimum Gasteiger partial charge on any atom is -0.465 e. The van der Waals surface area contributed by atoms with E-state index in [2.05, 4.69) is 22.8 Å². The molecule has 518 valence electrons. The van der Waals surface area contributed by atoms with Crippen LogP contribution in [0.15, 0.2) is 60.7 Å². The van der Waals surface area contributed by atoms with Gasteiger partial charge in [0.25, 0.3) is 0 Å². The van der Waals surface area contributed by atoms with Crippen LogP contribution in [0.25, 0.3) is 11.1 Å². The lowest BCUT2D eigenvalue weighted by atomic mass is 9.82. The number of benzene rings is 2. The molecule has 5 amide bonds. The number of hydrogen-bond donors (Lipinski definition) is 3. The van der Waals surface area contributed by atoms with Gasteiger partial charge in [0.15, 0.2) is 23.1 Å². The first-order valence-electron chi connectivity index (χ1n) is 33.9. The Bertz CT molecular complexity index is 2850. The number of carbonyl (C=O) groups is 11. The average molecular weight is 1300 g/mol. The fourth-order valence-electron chi connectivity index (χ4n) is 13.0. The zero-order chi connectivity index (χ0) is 70.3. The number of allylic oxidation sites excluding steroid dienone is 2. The molecule has 0 aliphatic heterocycles. The van der Waals surface area contributed by atoms with Crippen molar-refractivity contribution in [3.63, 3.8) is 0 Å². The number of nitrogens with one attached hydrogen (secondary N) is 2. The Morgan fingerprint density at radius 3 is 1.60 bits per heavy atom. The van der Waals surface area contributed by atoms with E-state index in [0.717, 1.165) is 22.3 Å².